The van der Waals surface area contributed by atoms with Gasteiger partial charge in [-0.3, -0.25) is 9.80 Å². The number of anilines is 1. The van der Waals surface area contributed by atoms with Crippen molar-refractivity contribution in [3.05, 3.63) is 17.5 Å². The largest absolute Gasteiger partial charge is 0.338 e. The molecule has 1 aromatic rings. The maximum absolute atomic E-state index is 4.88. The molecule has 0 unspecified atom stereocenters. The third-order valence-corrected chi connectivity index (χ3v) is 5.64. The molecule has 0 aromatic carbocycles. The van der Waals surface area contributed by atoms with E-state index >= 15 is 0 Å². The van der Waals surface area contributed by atoms with E-state index in [1.807, 2.05) is 0 Å². The van der Waals surface area contributed by atoms with E-state index in [1.54, 1.807) is 0 Å². The zero-order chi connectivity index (χ0) is 14.9. The fourth-order valence-corrected chi connectivity index (χ4v) is 3.83. The number of hydrogen-bond donors (Lipinski definition) is 0. The molecule has 0 N–H and O–H groups in total. The summed E-state index contributed by atoms with van der Waals surface area (Å²) in [5, 5.41) is 0. The van der Waals surface area contributed by atoms with Crippen molar-refractivity contribution in [3.63, 3.8) is 0 Å². The van der Waals surface area contributed by atoms with Gasteiger partial charge in [0.05, 0.1) is 5.69 Å². The van der Waals surface area contributed by atoms with Gasteiger partial charge in [-0.25, -0.2) is 9.97 Å². The Labute approximate surface area is 133 Å². The lowest BCUT2D eigenvalue weighted by Gasteiger charge is -2.43. The molecular formula is C17H27N5. The summed E-state index contributed by atoms with van der Waals surface area (Å²) < 4.78 is 0. The SMILES string of the molecule is CCN1CCc2nc(N3CCN(C4CCC4)CC3)ncc2C1. The van der Waals surface area contributed by atoms with Gasteiger partial charge in [0.15, 0.2) is 0 Å². The Hall–Kier alpha value is -1.20. The smallest absolute Gasteiger partial charge is 0.225 e. The van der Waals surface area contributed by atoms with Crippen LogP contribution in [0.3, 0.4) is 0 Å². The predicted molar refractivity (Wildman–Crippen MR) is 88.1 cm³/mol. The fraction of sp³-hybridized carbons (Fsp3) is 0.765. The van der Waals surface area contributed by atoms with Crippen LogP contribution in [0.5, 0.6) is 0 Å². The summed E-state index contributed by atoms with van der Waals surface area (Å²) in [6.07, 6.45) is 7.37. The summed E-state index contributed by atoms with van der Waals surface area (Å²) in [5.41, 5.74) is 2.60. The minimum absolute atomic E-state index is 0.867. The lowest BCUT2D eigenvalue weighted by Crippen LogP contribution is -2.52. The third kappa shape index (κ3) is 2.72. The van der Waals surface area contributed by atoms with E-state index in [1.165, 1.54) is 43.6 Å². The van der Waals surface area contributed by atoms with Crippen molar-refractivity contribution in [2.75, 3.05) is 44.2 Å². The van der Waals surface area contributed by atoms with Gasteiger partial charge in [0.2, 0.25) is 5.95 Å². The molecule has 4 rings (SSSR count). The van der Waals surface area contributed by atoms with Crippen LogP contribution in [-0.4, -0.2) is 65.1 Å². The molecule has 1 aromatic heterocycles. The maximum Gasteiger partial charge on any atom is 0.225 e. The third-order valence-electron chi connectivity index (χ3n) is 5.64. The second-order valence-corrected chi connectivity index (χ2v) is 6.87. The van der Waals surface area contributed by atoms with Crippen LogP contribution in [0.15, 0.2) is 6.20 Å². The highest BCUT2D eigenvalue weighted by Crippen LogP contribution is 2.26. The molecule has 1 aliphatic carbocycles. The van der Waals surface area contributed by atoms with E-state index in [-0.39, 0.29) is 0 Å². The summed E-state index contributed by atoms with van der Waals surface area (Å²) in [4.78, 5) is 17.0. The second kappa shape index (κ2) is 6.13. The van der Waals surface area contributed by atoms with Gasteiger partial charge in [0, 0.05) is 63.5 Å². The maximum atomic E-state index is 4.88. The molecule has 3 heterocycles. The number of aromatic nitrogens is 2. The average molecular weight is 301 g/mol. The van der Waals surface area contributed by atoms with E-state index in [0.717, 1.165) is 51.1 Å². The fourth-order valence-electron chi connectivity index (χ4n) is 3.83. The average Bonchev–Trinajstić information content (AvgIpc) is 2.53. The minimum Gasteiger partial charge on any atom is -0.338 e. The highest BCUT2D eigenvalue weighted by molar-refractivity contribution is 5.35. The first kappa shape index (κ1) is 14.4. The zero-order valence-corrected chi connectivity index (χ0v) is 13.7. The van der Waals surface area contributed by atoms with E-state index < -0.39 is 0 Å². The summed E-state index contributed by atoms with van der Waals surface area (Å²) in [5.74, 6) is 0.956. The van der Waals surface area contributed by atoms with Crippen molar-refractivity contribution in [1.82, 2.24) is 19.8 Å². The summed E-state index contributed by atoms with van der Waals surface area (Å²) in [7, 11) is 0. The van der Waals surface area contributed by atoms with Crippen LogP contribution >= 0.6 is 0 Å². The Morgan fingerprint density at radius 1 is 1.14 bits per heavy atom. The second-order valence-electron chi connectivity index (χ2n) is 6.87. The number of fused-ring (bicyclic) bond motifs is 1. The lowest BCUT2D eigenvalue weighted by molar-refractivity contribution is 0.120. The molecule has 0 atom stereocenters. The van der Waals surface area contributed by atoms with E-state index in [4.69, 9.17) is 4.98 Å². The standard InChI is InChI=1S/C17H27N5/c1-2-20-7-6-16-14(13-20)12-18-17(19-16)22-10-8-21(9-11-22)15-4-3-5-15/h12,15H,2-11,13H2,1H3. The minimum atomic E-state index is 0.867. The Morgan fingerprint density at radius 2 is 1.95 bits per heavy atom. The van der Waals surface area contributed by atoms with Crippen molar-refractivity contribution < 1.29 is 0 Å². The van der Waals surface area contributed by atoms with E-state index in [2.05, 4.69) is 32.8 Å². The van der Waals surface area contributed by atoms with Crippen LogP contribution in [0.4, 0.5) is 5.95 Å². The van der Waals surface area contributed by atoms with Gasteiger partial charge < -0.3 is 4.90 Å². The topological polar surface area (TPSA) is 35.5 Å². The predicted octanol–water partition coefficient (Wildman–Crippen LogP) is 1.53. The van der Waals surface area contributed by atoms with Gasteiger partial charge in [-0.05, 0) is 19.4 Å². The first-order chi connectivity index (χ1) is 10.8. The van der Waals surface area contributed by atoms with E-state index in [0.29, 0.717) is 0 Å². The first-order valence-electron chi connectivity index (χ1n) is 8.89. The molecule has 1 saturated heterocycles. The van der Waals surface area contributed by atoms with Crippen LogP contribution in [-0.2, 0) is 13.0 Å². The summed E-state index contributed by atoms with van der Waals surface area (Å²) in [6.45, 7) is 10.00. The molecule has 3 aliphatic rings. The van der Waals surface area contributed by atoms with Gasteiger partial charge in [-0.2, -0.15) is 0 Å². The number of hydrogen-bond acceptors (Lipinski definition) is 5. The molecule has 5 heteroatoms. The molecule has 0 bridgehead atoms. The van der Waals surface area contributed by atoms with Crippen molar-refractivity contribution in [3.8, 4) is 0 Å². The molecule has 0 amide bonds. The Bertz CT molecular complexity index is 520. The molecule has 0 radical (unpaired) electrons. The monoisotopic (exact) mass is 301 g/mol. The van der Waals surface area contributed by atoms with Crippen LogP contribution in [0.25, 0.3) is 0 Å². The normalized spacial score (nSPS) is 24.1. The number of nitrogens with zero attached hydrogens (tertiary/aromatic N) is 5. The molecular weight excluding hydrogens is 274 g/mol. The Kier molecular flexibility index (Phi) is 4.01. The van der Waals surface area contributed by atoms with Gasteiger partial charge in [-0.15, -0.1) is 0 Å². The highest BCUT2D eigenvalue weighted by Gasteiger charge is 2.29. The van der Waals surface area contributed by atoms with Gasteiger partial charge in [0.25, 0.3) is 0 Å². The Balaban J connectivity index is 1.41. The quantitative estimate of drug-likeness (QED) is 0.846. The Morgan fingerprint density at radius 3 is 2.64 bits per heavy atom. The van der Waals surface area contributed by atoms with Crippen LogP contribution in [0.1, 0.15) is 37.4 Å². The van der Waals surface area contributed by atoms with Crippen molar-refractivity contribution in [1.29, 1.82) is 0 Å². The number of likely N-dealkylation sites (N-methyl/N-ethyl adjacent to an activating group) is 1. The number of piperazine rings is 1. The zero-order valence-electron chi connectivity index (χ0n) is 13.7. The molecule has 2 fully saturated rings. The van der Waals surface area contributed by atoms with Gasteiger partial charge >= 0.3 is 0 Å². The van der Waals surface area contributed by atoms with Crippen molar-refractivity contribution >= 4 is 5.95 Å². The van der Waals surface area contributed by atoms with Crippen molar-refractivity contribution in [2.45, 2.75) is 45.2 Å². The lowest BCUT2D eigenvalue weighted by atomic mass is 9.91. The van der Waals surface area contributed by atoms with E-state index in [9.17, 15) is 0 Å². The summed E-state index contributed by atoms with van der Waals surface area (Å²) >= 11 is 0. The van der Waals surface area contributed by atoms with Crippen LogP contribution in [0, 0.1) is 0 Å². The highest BCUT2D eigenvalue weighted by atomic mass is 15.3. The molecule has 1 saturated carbocycles. The van der Waals surface area contributed by atoms with Crippen LogP contribution in [0.2, 0.25) is 0 Å². The molecule has 0 spiro atoms. The molecule has 2 aliphatic heterocycles. The van der Waals surface area contributed by atoms with Crippen molar-refractivity contribution in [2.24, 2.45) is 0 Å². The first-order valence-corrected chi connectivity index (χ1v) is 8.89. The van der Waals surface area contributed by atoms with Crippen LogP contribution < -0.4 is 4.90 Å². The van der Waals surface area contributed by atoms with Gasteiger partial charge in [0.1, 0.15) is 0 Å². The summed E-state index contributed by atoms with van der Waals surface area (Å²) in [6, 6.07) is 0.867. The van der Waals surface area contributed by atoms with Gasteiger partial charge in [-0.1, -0.05) is 13.3 Å². The molecule has 5 nitrogen and oxygen atoms in total. The molecule has 120 valence electrons. The number of rotatable bonds is 3. The molecule has 22 heavy (non-hydrogen) atoms.